The number of amides is 1. The van der Waals surface area contributed by atoms with Crippen LogP contribution in [0.2, 0.25) is 0 Å². The van der Waals surface area contributed by atoms with Crippen molar-refractivity contribution in [1.82, 2.24) is 10.3 Å². The summed E-state index contributed by atoms with van der Waals surface area (Å²) < 4.78 is 5.52. The molecule has 4 nitrogen and oxygen atoms in total. The van der Waals surface area contributed by atoms with Gasteiger partial charge in [0.05, 0.1) is 16.8 Å². The van der Waals surface area contributed by atoms with E-state index in [-0.39, 0.29) is 12.0 Å². The van der Waals surface area contributed by atoms with Crippen molar-refractivity contribution in [1.29, 1.82) is 0 Å². The molecule has 1 amide bonds. The van der Waals surface area contributed by atoms with E-state index in [1.165, 1.54) is 17.8 Å². The normalized spacial score (nSPS) is 20.6. The van der Waals surface area contributed by atoms with Gasteiger partial charge in [0.1, 0.15) is 0 Å². The molecular weight excluding hydrogens is 308 g/mol. The van der Waals surface area contributed by atoms with Crippen LogP contribution in [0, 0.1) is 0 Å². The molecule has 0 radical (unpaired) electrons. The molecule has 1 aliphatic carbocycles. The van der Waals surface area contributed by atoms with E-state index in [1.54, 1.807) is 11.3 Å². The fraction of sp³-hybridized carbons (Fsp3) is 0.444. The Morgan fingerprint density at radius 3 is 2.78 bits per heavy atom. The molecule has 2 fully saturated rings. The zero-order valence-corrected chi connectivity index (χ0v) is 13.8. The Morgan fingerprint density at radius 1 is 1.26 bits per heavy atom. The van der Waals surface area contributed by atoms with Crippen LogP contribution < -0.4 is 5.32 Å². The molecule has 120 valence electrons. The van der Waals surface area contributed by atoms with Gasteiger partial charge in [-0.05, 0) is 37.8 Å². The highest BCUT2D eigenvalue weighted by molar-refractivity contribution is 7.10. The van der Waals surface area contributed by atoms with Crippen molar-refractivity contribution in [2.75, 3.05) is 13.2 Å². The first kappa shape index (κ1) is 14.8. The summed E-state index contributed by atoms with van der Waals surface area (Å²) in [7, 11) is 0. The van der Waals surface area contributed by atoms with Crippen molar-refractivity contribution in [2.24, 2.45) is 0 Å². The SMILES string of the molecule is O=C(NCC1CCCO1)c1ccc(-c2csc(C3CC3)n2)cc1. The first-order valence-electron chi connectivity index (χ1n) is 8.25. The number of ether oxygens (including phenoxy) is 1. The van der Waals surface area contributed by atoms with Crippen LogP contribution in [0.15, 0.2) is 29.6 Å². The summed E-state index contributed by atoms with van der Waals surface area (Å²) in [6, 6.07) is 7.70. The second kappa shape index (κ2) is 6.42. The number of nitrogens with one attached hydrogen (secondary N) is 1. The fourth-order valence-corrected chi connectivity index (χ4v) is 3.84. The molecule has 1 aliphatic heterocycles. The van der Waals surface area contributed by atoms with Crippen molar-refractivity contribution in [3.05, 3.63) is 40.2 Å². The van der Waals surface area contributed by atoms with Gasteiger partial charge in [-0.1, -0.05) is 12.1 Å². The topological polar surface area (TPSA) is 51.2 Å². The lowest BCUT2D eigenvalue weighted by atomic mass is 10.1. The third-order valence-corrected chi connectivity index (χ3v) is 5.41. The van der Waals surface area contributed by atoms with Crippen molar-refractivity contribution in [3.63, 3.8) is 0 Å². The molecule has 1 atom stereocenters. The summed E-state index contributed by atoms with van der Waals surface area (Å²) in [6.45, 7) is 1.41. The number of thiazole rings is 1. The number of nitrogens with zero attached hydrogens (tertiary/aromatic N) is 1. The summed E-state index contributed by atoms with van der Waals surface area (Å²) in [6.07, 6.45) is 4.85. The van der Waals surface area contributed by atoms with Crippen LogP contribution in [0.5, 0.6) is 0 Å². The average Bonchev–Trinajstić information content (AvgIpc) is 3.11. The second-order valence-electron chi connectivity index (χ2n) is 6.27. The van der Waals surface area contributed by atoms with Crippen molar-refractivity contribution in [2.45, 2.75) is 37.7 Å². The average molecular weight is 328 g/mol. The molecule has 0 spiro atoms. The van der Waals surface area contributed by atoms with Gasteiger partial charge >= 0.3 is 0 Å². The van der Waals surface area contributed by atoms with E-state index >= 15 is 0 Å². The highest BCUT2D eigenvalue weighted by Gasteiger charge is 2.26. The quantitative estimate of drug-likeness (QED) is 0.912. The Hall–Kier alpha value is -1.72. The third-order valence-electron chi connectivity index (χ3n) is 4.41. The van der Waals surface area contributed by atoms with E-state index in [2.05, 4.69) is 10.7 Å². The lowest BCUT2D eigenvalue weighted by molar-refractivity contribution is 0.0858. The Bertz CT molecular complexity index is 685. The van der Waals surface area contributed by atoms with Crippen LogP contribution >= 0.6 is 11.3 Å². The molecule has 4 rings (SSSR count). The largest absolute Gasteiger partial charge is 0.376 e. The minimum absolute atomic E-state index is 0.0380. The molecule has 1 saturated carbocycles. The summed E-state index contributed by atoms with van der Waals surface area (Å²) in [5, 5.41) is 6.31. The van der Waals surface area contributed by atoms with E-state index in [4.69, 9.17) is 9.72 Å². The molecular formula is C18H20N2O2S. The summed E-state index contributed by atoms with van der Waals surface area (Å²) >= 11 is 1.74. The lowest BCUT2D eigenvalue weighted by Crippen LogP contribution is -2.31. The highest BCUT2D eigenvalue weighted by atomic mass is 32.1. The second-order valence-corrected chi connectivity index (χ2v) is 7.16. The third kappa shape index (κ3) is 3.46. The summed E-state index contributed by atoms with van der Waals surface area (Å²) in [4.78, 5) is 16.9. The van der Waals surface area contributed by atoms with Gasteiger partial charge in [-0.15, -0.1) is 11.3 Å². The number of aromatic nitrogens is 1. The van der Waals surface area contributed by atoms with E-state index in [1.807, 2.05) is 24.3 Å². The molecule has 2 aromatic rings. The predicted octanol–water partition coefficient (Wildman–Crippen LogP) is 3.60. The summed E-state index contributed by atoms with van der Waals surface area (Å²) in [5.41, 5.74) is 2.77. The van der Waals surface area contributed by atoms with Crippen molar-refractivity contribution >= 4 is 17.2 Å². The molecule has 23 heavy (non-hydrogen) atoms. The zero-order valence-electron chi connectivity index (χ0n) is 13.0. The van der Waals surface area contributed by atoms with Crippen LogP contribution in [0.4, 0.5) is 0 Å². The van der Waals surface area contributed by atoms with Crippen LogP contribution in [-0.4, -0.2) is 30.1 Å². The monoisotopic (exact) mass is 328 g/mol. The Kier molecular flexibility index (Phi) is 4.14. The smallest absolute Gasteiger partial charge is 0.251 e. The van der Waals surface area contributed by atoms with Crippen LogP contribution in [-0.2, 0) is 4.74 Å². The zero-order chi connectivity index (χ0) is 15.6. The van der Waals surface area contributed by atoms with E-state index < -0.39 is 0 Å². The van der Waals surface area contributed by atoms with Crippen LogP contribution in [0.25, 0.3) is 11.3 Å². The Morgan fingerprint density at radius 2 is 2.09 bits per heavy atom. The van der Waals surface area contributed by atoms with Gasteiger partial charge in [-0.25, -0.2) is 4.98 Å². The van der Waals surface area contributed by atoms with Gasteiger partial charge in [0, 0.05) is 35.6 Å². The van der Waals surface area contributed by atoms with Crippen molar-refractivity contribution < 1.29 is 9.53 Å². The standard InChI is InChI=1S/C18H20N2O2S/c21-17(19-10-15-2-1-9-22-15)13-5-3-12(4-6-13)16-11-23-18(20-16)14-7-8-14/h3-6,11,14-15H,1-2,7-10H2,(H,19,21). The number of benzene rings is 1. The minimum atomic E-state index is -0.0380. The number of rotatable bonds is 5. The molecule has 1 saturated heterocycles. The number of hydrogen-bond donors (Lipinski definition) is 1. The molecule has 5 heteroatoms. The molecule has 1 unspecified atom stereocenters. The van der Waals surface area contributed by atoms with Gasteiger partial charge in [0.2, 0.25) is 0 Å². The van der Waals surface area contributed by atoms with E-state index in [0.29, 0.717) is 18.0 Å². The fourth-order valence-electron chi connectivity index (χ4n) is 2.84. The van der Waals surface area contributed by atoms with Gasteiger partial charge < -0.3 is 10.1 Å². The predicted molar refractivity (Wildman–Crippen MR) is 90.8 cm³/mol. The van der Waals surface area contributed by atoms with Gasteiger partial charge in [-0.3, -0.25) is 4.79 Å². The maximum Gasteiger partial charge on any atom is 0.251 e. The number of carbonyl (C=O) groups is 1. The molecule has 1 N–H and O–H groups in total. The molecule has 2 heterocycles. The van der Waals surface area contributed by atoms with Crippen molar-refractivity contribution in [3.8, 4) is 11.3 Å². The molecule has 0 bridgehead atoms. The maximum absolute atomic E-state index is 12.2. The van der Waals surface area contributed by atoms with E-state index in [0.717, 1.165) is 30.7 Å². The van der Waals surface area contributed by atoms with Gasteiger partial charge in [0.15, 0.2) is 0 Å². The Labute approximate surface area is 139 Å². The first-order valence-corrected chi connectivity index (χ1v) is 9.13. The first-order chi connectivity index (χ1) is 11.3. The van der Waals surface area contributed by atoms with Crippen LogP contribution in [0.3, 0.4) is 0 Å². The van der Waals surface area contributed by atoms with Gasteiger partial charge in [-0.2, -0.15) is 0 Å². The molecule has 2 aliphatic rings. The van der Waals surface area contributed by atoms with Crippen LogP contribution in [0.1, 0.15) is 47.0 Å². The molecule has 1 aromatic carbocycles. The lowest BCUT2D eigenvalue weighted by Gasteiger charge is -2.10. The molecule has 1 aromatic heterocycles. The summed E-state index contributed by atoms with van der Waals surface area (Å²) in [5.74, 6) is 0.653. The minimum Gasteiger partial charge on any atom is -0.376 e. The number of hydrogen-bond acceptors (Lipinski definition) is 4. The highest BCUT2D eigenvalue weighted by Crippen LogP contribution is 2.42. The van der Waals surface area contributed by atoms with E-state index in [9.17, 15) is 4.79 Å². The van der Waals surface area contributed by atoms with Gasteiger partial charge in [0.25, 0.3) is 5.91 Å². The Balaban J connectivity index is 1.39. The maximum atomic E-state index is 12.2. The number of carbonyl (C=O) groups excluding carboxylic acids is 1.